The van der Waals surface area contributed by atoms with Gasteiger partial charge in [0.15, 0.2) is 0 Å². The number of halogens is 2. The van der Waals surface area contributed by atoms with Gasteiger partial charge in [-0.2, -0.15) is 0 Å². The molecule has 0 bridgehead atoms. The number of ether oxygens (including phenoxy) is 1. The molecule has 0 N–H and O–H groups in total. The molecule has 0 saturated carbocycles. The second-order valence-corrected chi connectivity index (χ2v) is 6.15. The zero-order chi connectivity index (χ0) is 17.7. The van der Waals surface area contributed by atoms with Crippen LogP contribution in [0.4, 0.5) is 17.1 Å². The van der Waals surface area contributed by atoms with Gasteiger partial charge in [-0.15, -0.1) is 0 Å². The van der Waals surface area contributed by atoms with Crippen LogP contribution in [0.15, 0.2) is 41.4 Å². The molecule has 0 aliphatic heterocycles. The minimum absolute atomic E-state index is 0.546. The third-order valence-corrected chi connectivity index (χ3v) is 4.32. The molecule has 4 nitrogen and oxygen atoms in total. The Labute approximate surface area is 153 Å². The van der Waals surface area contributed by atoms with Gasteiger partial charge in [-0.1, -0.05) is 29.3 Å². The van der Waals surface area contributed by atoms with Crippen molar-refractivity contribution in [2.24, 2.45) is 4.99 Å². The van der Waals surface area contributed by atoms with E-state index >= 15 is 0 Å². The van der Waals surface area contributed by atoms with Gasteiger partial charge in [0.2, 0.25) is 0 Å². The summed E-state index contributed by atoms with van der Waals surface area (Å²) in [6, 6.07) is 11.3. The second-order valence-electron chi connectivity index (χ2n) is 5.33. The molecule has 0 spiro atoms. The van der Waals surface area contributed by atoms with Crippen molar-refractivity contribution in [1.82, 2.24) is 4.90 Å². The lowest BCUT2D eigenvalue weighted by Crippen LogP contribution is -2.14. The highest BCUT2D eigenvalue weighted by molar-refractivity contribution is 6.37. The Balaban J connectivity index is 2.34. The number of hydrogen-bond acceptors (Lipinski definition) is 3. The molecule has 128 valence electrons. The summed E-state index contributed by atoms with van der Waals surface area (Å²) in [6.45, 7) is 2.91. The van der Waals surface area contributed by atoms with Crippen LogP contribution in [0.3, 0.4) is 0 Å². The van der Waals surface area contributed by atoms with Crippen LogP contribution < -0.4 is 9.64 Å². The maximum Gasteiger partial charge on any atom is 0.120 e. The lowest BCUT2D eigenvalue weighted by atomic mass is 10.2. The Kier molecular flexibility index (Phi) is 6.35. The second kappa shape index (κ2) is 8.27. The smallest absolute Gasteiger partial charge is 0.120 e. The van der Waals surface area contributed by atoms with Crippen molar-refractivity contribution < 1.29 is 4.74 Å². The number of hydrogen-bond donors (Lipinski definition) is 0. The SMILES string of the molecule is CCN(C)C=Nc1cc(Cl)c(N(C)c2cccc(OC)c2)cc1Cl. The minimum Gasteiger partial charge on any atom is -0.497 e. The monoisotopic (exact) mass is 365 g/mol. The molecular formula is C18H21Cl2N3O. The zero-order valence-electron chi connectivity index (χ0n) is 14.3. The summed E-state index contributed by atoms with van der Waals surface area (Å²) in [6.07, 6.45) is 1.74. The minimum atomic E-state index is 0.546. The highest BCUT2D eigenvalue weighted by Crippen LogP contribution is 2.38. The number of anilines is 2. The molecule has 6 heteroatoms. The average molecular weight is 366 g/mol. The van der Waals surface area contributed by atoms with Crippen LogP contribution in [0.25, 0.3) is 0 Å². The highest BCUT2D eigenvalue weighted by atomic mass is 35.5. The van der Waals surface area contributed by atoms with E-state index in [1.54, 1.807) is 19.5 Å². The van der Waals surface area contributed by atoms with Crippen molar-refractivity contribution in [2.45, 2.75) is 6.92 Å². The zero-order valence-corrected chi connectivity index (χ0v) is 15.8. The summed E-state index contributed by atoms with van der Waals surface area (Å²) in [5.74, 6) is 0.783. The number of benzene rings is 2. The first-order valence-corrected chi connectivity index (χ1v) is 8.33. The highest BCUT2D eigenvalue weighted by Gasteiger charge is 2.12. The molecule has 0 aliphatic rings. The Hall–Kier alpha value is -1.91. The van der Waals surface area contributed by atoms with Crippen LogP contribution >= 0.6 is 23.2 Å². The van der Waals surface area contributed by atoms with E-state index in [1.807, 2.05) is 61.2 Å². The van der Waals surface area contributed by atoms with Crippen molar-refractivity contribution in [3.63, 3.8) is 0 Å². The number of methoxy groups -OCH3 is 1. The molecule has 0 radical (unpaired) electrons. The molecule has 24 heavy (non-hydrogen) atoms. The lowest BCUT2D eigenvalue weighted by Gasteiger charge is -2.22. The molecule has 0 aliphatic carbocycles. The van der Waals surface area contributed by atoms with E-state index < -0.39 is 0 Å². The molecule has 0 aromatic heterocycles. The number of rotatable bonds is 6. The van der Waals surface area contributed by atoms with Gasteiger partial charge in [-0.3, -0.25) is 0 Å². The Bertz CT molecular complexity index is 734. The van der Waals surface area contributed by atoms with Gasteiger partial charge in [0.25, 0.3) is 0 Å². The Morgan fingerprint density at radius 2 is 1.88 bits per heavy atom. The van der Waals surface area contributed by atoms with Crippen molar-refractivity contribution in [1.29, 1.82) is 0 Å². The van der Waals surface area contributed by atoms with Gasteiger partial charge in [-0.05, 0) is 31.2 Å². The van der Waals surface area contributed by atoms with Crippen LogP contribution in [0.1, 0.15) is 6.92 Å². The van der Waals surface area contributed by atoms with Crippen molar-refractivity contribution in [3.05, 3.63) is 46.4 Å². The first-order chi connectivity index (χ1) is 11.5. The molecular weight excluding hydrogens is 345 g/mol. The van der Waals surface area contributed by atoms with E-state index in [9.17, 15) is 0 Å². The first-order valence-electron chi connectivity index (χ1n) is 7.57. The fraction of sp³-hybridized carbons (Fsp3) is 0.278. The number of nitrogens with zero attached hydrogens (tertiary/aromatic N) is 3. The largest absolute Gasteiger partial charge is 0.497 e. The van der Waals surface area contributed by atoms with Gasteiger partial charge in [-0.25, -0.2) is 4.99 Å². The maximum absolute atomic E-state index is 6.45. The van der Waals surface area contributed by atoms with E-state index in [0.717, 1.165) is 23.7 Å². The molecule has 0 amide bonds. The fourth-order valence-electron chi connectivity index (χ4n) is 2.08. The van der Waals surface area contributed by atoms with E-state index in [-0.39, 0.29) is 0 Å². The molecule has 2 aromatic carbocycles. The quantitative estimate of drug-likeness (QED) is 0.507. The Morgan fingerprint density at radius 3 is 2.54 bits per heavy atom. The van der Waals surface area contributed by atoms with Crippen LogP contribution in [0.2, 0.25) is 10.0 Å². The van der Waals surface area contributed by atoms with Crippen molar-refractivity contribution >= 4 is 46.6 Å². The predicted octanol–water partition coefficient (Wildman–Crippen LogP) is 5.38. The summed E-state index contributed by atoms with van der Waals surface area (Å²) in [7, 11) is 5.52. The normalized spacial score (nSPS) is 10.9. The summed E-state index contributed by atoms with van der Waals surface area (Å²) >= 11 is 12.8. The van der Waals surface area contributed by atoms with Gasteiger partial charge < -0.3 is 14.5 Å². The van der Waals surface area contributed by atoms with E-state index in [2.05, 4.69) is 4.99 Å². The molecule has 0 fully saturated rings. The van der Waals surface area contributed by atoms with Crippen molar-refractivity contribution in [2.75, 3.05) is 32.6 Å². The fourth-order valence-corrected chi connectivity index (χ4v) is 2.57. The summed E-state index contributed by atoms with van der Waals surface area (Å²) in [4.78, 5) is 8.30. The summed E-state index contributed by atoms with van der Waals surface area (Å²) in [5.41, 5.74) is 2.40. The van der Waals surface area contributed by atoms with Gasteiger partial charge >= 0.3 is 0 Å². The molecule has 2 aromatic rings. The van der Waals surface area contributed by atoms with E-state index in [4.69, 9.17) is 27.9 Å². The van der Waals surface area contributed by atoms with E-state index in [1.165, 1.54) is 0 Å². The Morgan fingerprint density at radius 1 is 1.12 bits per heavy atom. The number of aliphatic imine (C=N–C) groups is 1. The molecule has 0 unspecified atom stereocenters. The standard InChI is InChI=1S/C18H21Cl2N3O/c1-5-22(2)12-21-17-10-16(20)18(11-15(17)19)23(3)13-7-6-8-14(9-13)24-4/h6-12H,5H2,1-4H3. The van der Waals surface area contributed by atoms with Crippen LogP contribution in [-0.2, 0) is 0 Å². The third-order valence-electron chi connectivity index (χ3n) is 3.71. The predicted molar refractivity (Wildman–Crippen MR) is 104 cm³/mol. The molecule has 0 heterocycles. The summed E-state index contributed by atoms with van der Waals surface area (Å²) < 4.78 is 5.27. The lowest BCUT2D eigenvalue weighted by molar-refractivity contribution is 0.415. The summed E-state index contributed by atoms with van der Waals surface area (Å²) in [5, 5.41) is 1.13. The van der Waals surface area contributed by atoms with Gasteiger partial charge in [0.05, 0.1) is 34.9 Å². The molecule has 2 rings (SSSR count). The van der Waals surface area contributed by atoms with Gasteiger partial charge in [0.1, 0.15) is 5.75 Å². The van der Waals surface area contributed by atoms with Crippen LogP contribution in [-0.4, -0.2) is 39.0 Å². The first kappa shape index (κ1) is 18.4. The van der Waals surface area contributed by atoms with Crippen LogP contribution in [0.5, 0.6) is 5.75 Å². The molecule has 0 atom stereocenters. The van der Waals surface area contributed by atoms with E-state index in [0.29, 0.717) is 15.7 Å². The average Bonchev–Trinajstić information content (AvgIpc) is 2.61. The van der Waals surface area contributed by atoms with Crippen LogP contribution in [0, 0.1) is 0 Å². The van der Waals surface area contributed by atoms with Crippen molar-refractivity contribution in [3.8, 4) is 5.75 Å². The topological polar surface area (TPSA) is 28.1 Å². The maximum atomic E-state index is 6.45. The molecule has 0 saturated heterocycles. The third kappa shape index (κ3) is 4.34. The van der Waals surface area contributed by atoms with Gasteiger partial charge in [0, 0.05) is 32.4 Å².